The summed E-state index contributed by atoms with van der Waals surface area (Å²) in [6.07, 6.45) is 0. The standard InChI is InChI=1S/2C49H33N.C45H31N/c1-49(2)43-28-32(35-20-11-14-30-12-3-5-15-34(30)35)23-25-38(43)39-27-24-33(29-44(39)49)50-45-21-10-9-19-42(45)47-46-36-16-6-4-13-31(36)22-26-40(46)37-17-7-8-18-41(37)48(47)50;1-49(2)43-28-34(33-20-19-30-11-3-4-13-32(30)27-33)22-24-38(43)39-26-23-35(29-44(39)49)50-45-18-10-9-17-42(45)47-46-36-14-6-5-12-31(36)21-25-40(46)37-15-7-8-16-41(37)48(47)50;1-45(2)39-17-9-7-14-34(39)35-25-22-30(27-40(35)45)28-19-23-31(24-20-28)46-41-18-10-8-16-38(41)43-42-32-12-4-3-11-29(32)21-26-36(42)33-13-5-6-15-37(33)44(43)46/h2*3-29H,1-2H3;3-27H,1-2H3. The zero-order chi connectivity index (χ0) is 96.8. The van der Waals surface area contributed by atoms with Crippen molar-refractivity contribution in [2.75, 3.05) is 0 Å². The molecule has 146 heavy (non-hydrogen) atoms. The number of benzene rings is 26. The summed E-state index contributed by atoms with van der Waals surface area (Å²) in [5.74, 6) is 0. The lowest BCUT2D eigenvalue weighted by Gasteiger charge is -2.23. The number of fused-ring (bicyclic) bond motifs is 41. The average molecular weight is 1860 g/mol. The first-order valence-electron chi connectivity index (χ1n) is 51.4. The van der Waals surface area contributed by atoms with Crippen molar-refractivity contribution in [2.45, 2.75) is 57.8 Å². The van der Waals surface area contributed by atoms with Gasteiger partial charge in [0.25, 0.3) is 0 Å². The molecule has 3 aromatic heterocycles. The molecule has 0 radical (unpaired) electrons. The van der Waals surface area contributed by atoms with Gasteiger partial charge in [0.15, 0.2) is 0 Å². The molecule has 0 atom stereocenters. The Kier molecular flexibility index (Phi) is 18.1. The quantitative estimate of drug-likeness (QED) is 0.147. The molecule has 684 valence electrons. The lowest BCUT2D eigenvalue weighted by molar-refractivity contribution is 0.660. The minimum atomic E-state index is -0.162. The Morgan fingerprint density at radius 3 is 0.849 bits per heavy atom. The smallest absolute Gasteiger partial charge is 0.0626 e. The second-order valence-corrected chi connectivity index (χ2v) is 42.3. The van der Waals surface area contributed by atoms with Crippen LogP contribution in [0.15, 0.2) is 479 Å². The zero-order valence-corrected chi connectivity index (χ0v) is 82.0. The van der Waals surface area contributed by atoms with Gasteiger partial charge >= 0.3 is 0 Å². The minimum absolute atomic E-state index is 0.0150. The molecule has 0 unspecified atom stereocenters. The molecule has 3 aliphatic carbocycles. The number of hydrogen-bond donors (Lipinski definition) is 0. The normalized spacial score (nSPS) is 13.6. The van der Waals surface area contributed by atoms with Gasteiger partial charge < -0.3 is 13.7 Å². The van der Waals surface area contributed by atoms with Gasteiger partial charge in [0.05, 0.1) is 33.1 Å². The summed E-state index contributed by atoms with van der Waals surface area (Å²) in [5.41, 5.74) is 34.8. The number of aromatic nitrogens is 3. The van der Waals surface area contributed by atoms with E-state index in [4.69, 9.17) is 0 Å². The fourth-order valence-electron chi connectivity index (χ4n) is 26.7. The molecule has 0 fully saturated rings. The first kappa shape index (κ1) is 83.7. The van der Waals surface area contributed by atoms with Crippen molar-refractivity contribution in [3.8, 4) is 83.8 Å². The fourth-order valence-corrected chi connectivity index (χ4v) is 26.7. The molecular weight excluding hydrogens is 1760 g/mol. The first-order valence-corrected chi connectivity index (χ1v) is 51.4. The van der Waals surface area contributed by atoms with Gasteiger partial charge in [0, 0.05) is 97.9 Å². The van der Waals surface area contributed by atoms with Gasteiger partial charge in [-0.15, -0.1) is 0 Å². The van der Waals surface area contributed by atoms with Crippen LogP contribution in [0.3, 0.4) is 0 Å². The molecule has 3 heterocycles. The maximum absolute atomic E-state index is 2.54. The van der Waals surface area contributed by atoms with Crippen molar-refractivity contribution in [2.24, 2.45) is 0 Å². The number of nitrogens with zero attached hydrogens (tertiary/aromatic N) is 3. The predicted molar refractivity (Wildman–Crippen MR) is 624 cm³/mol. The molecule has 29 aromatic rings. The van der Waals surface area contributed by atoms with E-state index in [1.165, 1.54) is 301 Å². The van der Waals surface area contributed by atoms with E-state index < -0.39 is 0 Å². The van der Waals surface area contributed by atoms with Gasteiger partial charge in [-0.25, -0.2) is 0 Å². The highest BCUT2D eigenvalue weighted by atomic mass is 15.0. The third-order valence-electron chi connectivity index (χ3n) is 33.6. The first-order chi connectivity index (χ1) is 71.7. The molecule has 3 heteroatoms. The summed E-state index contributed by atoms with van der Waals surface area (Å²) in [5, 5.41) is 36.3. The van der Waals surface area contributed by atoms with Gasteiger partial charge in [-0.1, -0.05) is 442 Å². The van der Waals surface area contributed by atoms with Crippen LogP contribution in [0.4, 0.5) is 0 Å². The van der Waals surface area contributed by atoms with E-state index in [9.17, 15) is 0 Å². The van der Waals surface area contributed by atoms with Crippen LogP contribution in [-0.2, 0) is 16.2 Å². The third kappa shape index (κ3) is 12.1. The van der Waals surface area contributed by atoms with E-state index >= 15 is 0 Å². The molecule has 0 aliphatic heterocycles. The summed E-state index contributed by atoms with van der Waals surface area (Å²) in [4.78, 5) is 0. The number of hydrogen-bond acceptors (Lipinski definition) is 0. The number of para-hydroxylation sites is 3. The molecule has 0 bridgehead atoms. The fraction of sp³-hybridized carbons (Fsp3) is 0.0629. The van der Waals surface area contributed by atoms with Crippen LogP contribution in [0.1, 0.15) is 74.9 Å². The molecule has 3 nitrogen and oxygen atoms in total. The highest BCUT2D eigenvalue weighted by Gasteiger charge is 2.40. The minimum Gasteiger partial charge on any atom is -0.309 e. The zero-order valence-electron chi connectivity index (χ0n) is 82.0. The second kappa shape index (κ2) is 31.5. The Morgan fingerprint density at radius 1 is 0.137 bits per heavy atom. The maximum Gasteiger partial charge on any atom is 0.0626 e. The molecular formula is C143H97N3. The monoisotopic (exact) mass is 1860 g/mol. The lowest BCUT2D eigenvalue weighted by atomic mass is 9.81. The van der Waals surface area contributed by atoms with Crippen LogP contribution in [0.25, 0.3) is 268 Å². The van der Waals surface area contributed by atoms with E-state index in [0.717, 1.165) is 0 Å². The van der Waals surface area contributed by atoms with Crippen molar-refractivity contribution in [3.05, 3.63) is 513 Å². The van der Waals surface area contributed by atoms with Crippen molar-refractivity contribution in [3.63, 3.8) is 0 Å². The average Bonchev–Trinajstić information content (AvgIpc) is 1.53. The Hall–Kier alpha value is -18.0. The van der Waals surface area contributed by atoms with E-state index in [0.29, 0.717) is 0 Å². The summed E-state index contributed by atoms with van der Waals surface area (Å²) in [7, 11) is 0. The van der Waals surface area contributed by atoms with Crippen LogP contribution in [0.2, 0.25) is 0 Å². The lowest BCUT2D eigenvalue weighted by Crippen LogP contribution is -2.15. The molecule has 0 saturated heterocycles. The van der Waals surface area contributed by atoms with Crippen molar-refractivity contribution in [1.29, 1.82) is 0 Å². The van der Waals surface area contributed by atoms with Gasteiger partial charge in [0.2, 0.25) is 0 Å². The Labute approximate surface area is 845 Å². The largest absolute Gasteiger partial charge is 0.309 e. The SMILES string of the molecule is CC1(C)c2cc(-c3ccc4ccccc4c3)ccc2-c2ccc(-n3c4ccccc4c4c5c6ccccc6ccc5c5ccccc5c43)cc21.CC1(C)c2cc(-c3cccc4ccccc34)ccc2-c2ccc(-n3c4ccccc4c4c5c6ccccc6ccc5c5ccccc5c43)cc21.CC1(C)c2ccccc2-c2ccc(-c3ccc(-n4c5ccccc5c5c6c7ccccc7ccc6c6ccccc6c54)cc3)cc21. The van der Waals surface area contributed by atoms with Crippen LogP contribution in [0.5, 0.6) is 0 Å². The molecule has 0 spiro atoms. The molecule has 0 saturated carbocycles. The van der Waals surface area contributed by atoms with E-state index in [-0.39, 0.29) is 16.2 Å². The van der Waals surface area contributed by atoms with Crippen LogP contribution < -0.4 is 0 Å². The van der Waals surface area contributed by atoms with Gasteiger partial charge in [0.1, 0.15) is 0 Å². The molecule has 26 aromatic carbocycles. The molecule has 0 N–H and O–H groups in total. The van der Waals surface area contributed by atoms with Crippen molar-refractivity contribution < 1.29 is 0 Å². The Morgan fingerprint density at radius 2 is 0.404 bits per heavy atom. The predicted octanol–water partition coefficient (Wildman–Crippen LogP) is 39.0. The second-order valence-electron chi connectivity index (χ2n) is 42.3. The van der Waals surface area contributed by atoms with Gasteiger partial charge in [-0.2, -0.15) is 0 Å². The topological polar surface area (TPSA) is 14.8 Å². The van der Waals surface area contributed by atoms with Gasteiger partial charge in [-0.05, 0) is 265 Å². The van der Waals surface area contributed by atoms with Crippen LogP contribution >= 0.6 is 0 Å². The summed E-state index contributed by atoms with van der Waals surface area (Å²) in [6.45, 7) is 14.3. The van der Waals surface area contributed by atoms with Crippen LogP contribution in [-0.4, -0.2) is 13.7 Å². The summed E-state index contributed by atoms with van der Waals surface area (Å²) in [6, 6.07) is 178. The Bertz CT molecular complexity index is 10700. The summed E-state index contributed by atoms with van der Waals surface area (Å²) >= 11 is 0. The maximum atomic E-state index is 2.54. The van der Waals surface area contributed by atoms with Crippen molar-refractivity contribution in [1.82, 2.24) is 13.7 Å². The number of rotatable bonds is 6. The molecule has 3 aliphatic rings. The molecule has 0 amide bonds. The van der Waals surface area contributed by atoms with Crippen molar-refractivity contribution >= 4 is 184 Å². The molecule has 32 rings (SSSR count). The summed E-state index contributed by atoms with van der Waals surface area (Å²) < 4.78 is 7.56. The highest BCUT2D eigenvalue weighted by Crippen LogP contribution is 2.57. The van der Waals surface area contributed by atoms with E-state index in [1.807, 2.05) is 0 Å². The highest BCUT2D eigenvalue weighted by molar-refractivity contribution is 6.40. The van der Waals surface area contributed by atoms with Gasteiger partial charge in [-0.3, -0.25) is 0 Å². The van der Waals surface area contributed by atoms with E-state index in [2.05, 4.69) is 534 Å². The third-order valence-corrected chi connectivity index (χ3v) is 33.6. The van der Waals surface area contributed by atoms with Crippen LogP contribution in [0, 0.1) is 0 Å². The van der Waals surface area contributed by atoms with E-state index in [1.54, 1.807) is 0 Å². The Balaban J connectivity index is 0.000000102.